The van der Waals surface area contributed by atoms with Crippen LogP contribution in [0.15, 0.2) is 12.3 Å². The fourth-order valence-corrected chi connectivity index (χ4v) is 1.31. The van der Waals surface area contributed by atoms with Crippen molar-refractivity contribution in [3.05, 3.63) is 18.0 Å². The van der Waals surface area contributed by atoms with E-state index in [0.717, 1.165) is 18.7 Å². The van der Waals surface area contributed by atoms with Crippen LogP contribution in [0, 0.1) is 12.3 Å². The molecule has 1 aromatic heterocycles. The Bertz CT molecular complexity index is 333. The van der Waals surface area contributed by atoms with E-state index >= 15 is 0 Å². The lowest BCUT2D eigenvalue weighted by Crippen LogP contribution is -2.26. The van der Waals surface area contributed by atoms with E-state index in [1.54, 1.807) is 0 Å². The van der Waals surface area contributed by atoms with Gasteiger partial charge in [0.1, 0.15) is 0 Å². The summed E-state index contributed by atoms with van der Waals surface area (Å²) >= 11 is 0. The highest BCUT2D eigenvalue weighted by Crippen LogP contribution is 2.04. The van der Waals surface area contributed by atoms with Crippen molar-refractivity contribution in [1.82, 2.24) is 15.1 Å². The first-order chi connectivity index (χ1) is 7.17. The molecule has 15 heavy (non-hydrogen) atoms. The Kier molecular flexibility index (Phi) is 4.38. The summed E-state index contributed by atoms with van der Waals surface area (Å²) in [4.78, 5) is 0. The van der Waals surface area contributed by atoms with Crippen molar-refractivity contribution < 1.29 is 0 Å². The molecule has 0 aliphatic rings. The van der Waals surface area contributed by atoms with Gasteiger partial charge in [-0.05, 0) is 26.3 Å². The van der Waals surface area contributed by atoms with Crippen molar-refractivity contribution in [3.8, 4) is 12.3 Å². The van der Waals surface area contributed by atoms with Gasteiger partial charge in [0.25, 0.3) is 0 Å². The van der Waals surface area contributed by atoms with Crippen LogP contribution in [-0.2, 0) is 6.54 Å². The van der Waals surface area contributed by atoms with E-state index in [1.807, 2.05) is 16.9 Å². The predicted octanol–water partition coefficient (Wildman–Crippen LogP) is 1.97. The molecule has 1 aromatic rings. The molecular formula is C12H19N3. The Hall–Kier alpha value is -1.27. The van der Waals surface area contributed by atoms with Crippen molar-refractivity contribution >= 4 is 0 Å². The van der Waals surface area contributed by atoms with Crippen molar-refractivity contribution in [1.29, 1.82) is 0 Å². The Balaban J connectivity index is 2.48. The molecule has 0 aromatic carbocycles. The number of nitrogens with zero attached hydrogens (tertiary/aromatic N) is 2. The molecule has 0 bridgehead atoms. The van der Waals surface area contributed by atoms with Gasteiger partial charge in [-0.2, -0.15) is 5.10 Å². The van der Waals surface area contributed by atoms with E-state index in [9.17, 15) is 0 Å². The monoisotopic (exact) mass is 205 g/mol. The summed E-state index contributed by atoms with van der Waals surface area (Å²) in [7, 11) is 0. The Morgan fingerprint density at radius 2 is 2.33 bits per heavy atom. The van der Waals surface area contributed by atoms with Gasteiger partial charge < -0.3 is 0 Å². The maximum absolute atomic E-state index is 5.36. The molecule has 1 unspecified atom stereocenters. The fourth-order valence-electron chi connectivity index (χ4n) is 1.31. The van der Waals surface area contributed by atoms with Crippen LogP contribution in [0.2, 0.25) is 0 Å². The number of nitrogens with one attached hydrogen (secondary N) is 1. The second-order valence-electron chi connectivity index (χ2n) is 3.89. The zero-order valence-electron chi connectivity index (χ0n) is 9.70. The van der Waals surface area contributed by atoms with Crippen LogP contribution < -0.4 is 5.32 Å². The third-order valence-corrected chi connectivity index (χ3v) is 2.33. The molecular weight excluding hydrogens is 186 g/mol. The number of hydrogen-bond acceptors (Lipinski definition) is 2. The minimum absolute atomic E-state index is 0.147. The molecule has 0 amide bonds. The van der Waals surface area contributed by atoms with Gasteiger partial charge in [0.05, 0.1) is 11.7 Å². The average molecular weight is 205 g/mol. The van der Waals surface area contributed by atoms with Gasteiger partial charge in [0.2, 0.25) is 0 Å². The van der Waals surface area contributed by atoms with Gasteiger partial charge >= 0.3 is 0 Å². The molecule has 0 aliphatic heterocycles. The third kappa shape index (κ3) is 3.41. The first-order valence-electron chi connectivity index (χ1n) is 5.41. The molecule has 0 aliphatic carbocycles. The topological polar surface area (TPSA) is 29.9 Å². The van der Waals surface area contributed by atoms with Crippen molar-refractivity contribution in [2.45, 2.75) is 45.8 Å². The summed E-state index contributed by atoms with van der Waals surface area (Å²) in [6.07, 6.45) is 8.31. The normalized spacial score (nSPS) is 12.7. The summed E-state index contributed by atoms with van der Waals surface area (Å²) in [5, 5.41) is 7.71. The number of terminal acetylenes is 1. The number of rotatable bonds is 5. The Morgan fingerprint density at radius 3 is 2.80 bits per heavy atom. The molecule has 0 fully saturated rings. The maximum Gasteiger partial charge on any atom is 0.0762 e. The highest BCUT2D eigenvalue weighted by atomic mass is 15.3. The zero-order valence-corrected chi connectivity index (χ0v) is 9.70. The van der Waals surface area contributed by atoms with Crippen LogP contribution in [0.3, 0.4) is 0 Å². The largest absolute Gasteiger partial charge is 0.298 e. The van der Waals surface area contributed by atoms with E-state index < -0.39 is 0 Å². The molecule has 3 nitrogen and oxygen atoms in total. The smallest absolute Gasteiger partial charge is 0.0762 e. The summed E-state index contributed by atoms with van der Waals surface area (Å²) in [6, 6.07) is 2.58. The average Bonchev–Trinajstić information content (AvgIpc) is 2.68. The van der Waals surface area contributed by atoms with E-state index in [-0.39, 0.29) is 6.04 Å². The lowest BCUT2D eigenvalue weighted by atomic mass is 10.2. The predicted molar refractivity (Wildman–Crippen MR) is 62.4 cm³/mol. The molecule has 82 valence electrons. The van der Waals surface area contributed by atoms with Gasteiger partial charge in [-0.1, -0.05) is 12.8 Å². The molecule has 0 spiro atoms. The highest BCUT2D eigenvalue weighted by Gasteiger charge is 2.04. The molecule has 1 heterocycles. The highest BCUT2D eigenvalue weighted by molar-refractivity contribution is 5.03. The standard InChI is InChI=1S/C12H19N3/c1-5-11(6-2)13-9-12-7-8-15(14-12)10(3)4/h1,7-8,10-11,13H,6,9H2,2-4H3. The third-order valence-electron chi connectivity index (χ3n) is 2.33. The van der Waals surface area contributed by atoms with Gasteiger partial charge in [-0.25, -0.2) is 0 Å². The van der Waals surface area contributed by atoms with Crippen LogP contribution in [0.1, 0.15) is 38.9 Å². The molecule has 0 radical (unpaired) electrons. The van der Waals surface area contributed by atoms with Crippen molar-refractivity contribution in [3.63, 3.8) is 0 Å². The van der Waals surface area contributed by atoms with E-state index in [2.05, 4.69) is 37.1 Å². The van der Waals surface area contributed by atoms with Crippen molar-refractivity contribution in [2.24, 2.45) is 0 Å². The summed E-state index contributed by atoms with van der Waals surface area (Å²) in [6.45, 7) is 7.04. The molecule has 1 rings (SSSR count). The first kappa shape index (κ1) is 11.8. The van der Waals surface area contributed by atoms with Gasteiger partial charge in [-0.15, -0.1) is 6.42 Å². The van der Waals surface area contributed by atoms with Crippen LogP contribution >= 0.6 is 0 Å². The van der Waals surface area contributed by atoms with Crippen LogP contribution in [0.25, 0.3) is 0 Å². The zero-order chi connectivity index (χ0) is 11.3. The maximum atomic E-state index is 5.36. The second kappa shape index (κ2) is 5.57. The second-order valence-corrected chi connectivity index (χ2v) is 3.89. The van der Waals surface area contributed by atoms with Crippen molar-refractivity contribution in [2.75, 3.05) is 0 Å². The Labute approximate surface area is 91.9 Å². The van der Waals surface area contributed by atoms with E-state index in [0.29, 0.717) is 6.04 Å². The summed E-state index contributed by atoms with van der Waals surface area (Å²) in [5.74, 6) is 2.71. The van der Waals surface area contributed by atoms with Gasteiger partial charge in [0, 0.05) is 18.8 Å². The van der Waals surface area contributed by atoms with Gasteiger partial charge in [0.15, 0.2) is 0 Å². The molecule has 1 atom stereocenters. The van der Waals surface area contributed by atoms with Crippen LogP contribution in [0.5, 0.6) is 0 Å². The van der Waals surface area contributed by atoms with Gasteiger partial charge in [-0.3, -0.25) is 10.00 Å². The Morgan fingerprint density at radius 1 is 1.60 bits per heavy atom. The van der Waals surface area contributed by atoms with Crippen LogP contribution in [0.4, 0.5) is 0 Å². The minimum Gasteiger partial charge on any atom is -0.298 e. The molecule has 0 saturated carbocycles. The number of aromatic nitrogens is 2. The SMILES string of the molecule is C#CC(CC)NCc1ccn(C(C)C)n1. The molecule has 3 heteroatoms. The van der Waals surface area contributed by atoms with Crippen LogP contribution in [-0.4, -0.2) is 15.8 Å². The minimum atomic E-state index is 0.147. The summed E-state index contributed by atoms with van der Waals surface area (Å²) < 4.78 is 1.95. The summed E-state index contributed by atoms with van der Waals surface area (Å²) in [5.41, 5.74) is 1.04. The van der Waals surface area contributed by atoms with E-state index in [4.69, 9.17) is 6.42 Å². The van der Waals surface area contributed by atoms with E-state index in [1.165, 1.54) is 0 Å². The quantitative estimate of drug-likeness (QED) is 0.745. The molecule has 1 N–H and O–H groups in total. The molecule has 0 saturated heterocycles. The first-order valence-corrected chi connectivity index (χ1v) is 5.41. The fraction of sp³-hybridized carbons (Fsp3) is 0.583. The number of hydrogen-bond donors (Lipinski definition) is 1. The lowest BCUT2D eigenvalue weighted by molar-refractivity contribution is 0.515. The lowest BCUT2D eigenvalue weighted by Gasteiger charge is -2.08.